The molecule has 0 saturated heterocycles. The van der Waals surface area contributed by atoms with Gasteiger partial charge in [-0.1, -0.05) is 42.5 Å². The lowest BCUT2D eigenvalue weighted by Gasteiger charge is -2.15. The first-order valence-electron chi connectivity index (χ1n) is 10.7. The number of hydrogen-bond donors (Lipinski definition) is 2. The molecule has 168 valence electrons. The van der Waals surface area contributed by atoms with E-state index in [9.17, 15) is 14.5 Å². The highest BCUT2D eigenvalue weighted by Gasteiger charge is 2.09. The van der Waals surface area contributed by atoms with E-state index in [-0.39, 0.29) is 11.5 Å². The minimum atomic E-state index is -0.411. The van der Waals surface area contributed by atoms with E-state index in [1.165, 1.54) is 24.3 Å². The average molecular weight is 445 g/mol. The first kappa shape index (κ1) is 22.2. The van der Waals surface area contributed by atoms with E-state index in [1.807, 2.05) is 24.3 Å². The van der Waals surface area contributed by atoms with Crippen molar-refractivity contribution in [3.8, 4) is 5.75 Å². The summed E-state index contributed by atoms with van der Waals surface area (Å²) >= 11 is 0. The van der Waals surface area contributed by atoms with Gasteiger partial charge in [-0.3, -0.25) is 10.1 Å². The number of ether oxygens (including phenoxy) is 1. The summed E-state index contributed by atoms with van der Waals surface area (Å²) in [5.74, 6) is 0.519. The molecule has 0 saturated carbocycles. The van der Waals surface area contributed by atoms with Crippen molar-refractivity contribution in [2.24, 2.45) is 0 Å². The van der Waals surface area contributed by atoms with E-state index in [4.69, 9.17) is 4.74 Å². The van der Waals surface area contributed by atoms with E-state index in [1.54, 1.807) is 24.3 Å². The van der Waals surface area contributed by atoms with E-state index in [2.05, 4.69) is 22.8 Å². The van der Waals surface area contributed by atoms with Gasteiger partial charge in [0.15, 0.2) is 0 Å². The van der Waals surface area contributed by atoms with Crippen molar-refractivity contribution in [1.29, 1.82) is 0 Å². The Hall–Kier alpha value is -3.97. The normalized spacial score (nSPS) is 10.8. The van der Waals surface area contributed by atoms with Gasteiger partial charge in [0.2, 0.25) is 0 Å². The third-order valence-electron chi connectivity index (χ3n) is 5.32. The molecule has 2 N–H and O–H groups in total. The molecule has 0 amide bonds. The number of anilines is 1. The van der Waals surface area contributed by atoms with Crippen molar-refractivity contribution in [3.63, 3.8) is 0 Å². The molecular weight excluding hydrogens is 421 g/mol. The van der Waals surface area contributed by atoms with Gasteiger partial charge >= 0.3 is 0 Å². The molecule has 0 bridgehead atoms. The van der Waals surface area contributed by atoms with Crippen LogP contribution in [0.3, 0.4) is 0 Å². The molecule has 0 aliphatic heterocycles. The number of fused-ring (bicyclic) bond motifs is 1. The molecular formula is C26H24FN3O3. The lowest BCUT2D eigenvalue weighted by molar-refractivity contribution is -0.384. The summed E-state index contributed by atoms with van der Waals surface area (Å²) in [4.78, 5) is 10.3. The van der Waals surface area contributed by atoms with Gasteiger partial charge in [0.1, 0.15) is 18.2 Å². The highest BCUT2D eigenvalue weighted by molar-refractivity contribution is 5.87. The predicted octanol–water partition coefficient (Wildman–Crippen LogP) is 5.67. The SMILES string of the molecule is O=[N+]([O-])c1ccc(NCCNCc2c(OCc3ccc(F)cc3)ccc3ccccc23)cc1. The summed E-state index contributed by atoms with van der Waals surface area (Å²) < 4.78 is 19.3. The third kappa shape index (κ3) is 5.84. The molecule has 0 radical (unpaired) electrons. The minimum Gasteiger partial charge on any atom is -0.489 e. The van der Waals surface area contributed by atoms with Gasteiger partial charge in [0, 0.05) is 43.0 Å². The zero-order valence-electron chi connectivity index (χ0n) is 18.0. The number of nitrogens with zero attached hydrogens (tertiary/aromatic N) is 1. The number of non-ortho nitro benzene ring substituents is 1. The maximum Gasteiger partial charge on any atom is 0.269 e. The molecule has 4 aromatic carbocycles. The first-order valence-corrected chi connectivity index (χ1v) is 10.7. The molecule has 0 spiro atoms. The number of halogens is 1. The first-order chi connectivity index (χ1) is 16.1. The number of nitrogens with one attached hydrogen (secondary N) is 2. The van der Waals surface area contributed by atoms with Crippen LogP contribution in [-0.2, 0) is 13.2 Å². The second-order valence-corrected chi connectivity index (χ2v) is 7.59. The summed E-state index contributed by atoms with van der Waals surface area (Å²) in [5.41, 5.74) is 2.86. The molecule has 4 rings (SSSR count). The summed E-state index contributed by atoms with van der Waals surface area (Å²) in [6.45, 7) is 2.32. The fraction of sp³-hybridized carbons (Fsp3) is 0.154. The summed E-state index contributed by atoms with van der Waals surface area (Å²) in [7, 11) is 0. The van der Waals surface area contributed by atoms with Crippen LogP contribution in [0.1, 0.15) is 11.1 Å². The molecule has 33 heavy (non-hydrogen) atoms. The number of nitro benzene ring substituents is 1. The molecule has 0 unspecified atom stereocenters. The Balaban J connectivity index is 1.38. The van der Waals surface area contributed by atoms with E-state index in [0.717, 1.165) is 33.3 Å². The number of nitro groups is 1. The Bertz CT molecular complexity index is 1230. The van der Waals surface area contributed by atoms with Crippen LogP contribution in [0.5, 0.6) is 5.75 Å². The lowest BCUT2D eigenvalue weighted by Crippen LogP contribution is -2.22. The maximum absolute atomic E-state index is 13.2. The van der Waals surface area contributed by atoms with Gasteiger partial charge in [-0.2, -0.15) is 0 Å². The van der Waals surface area contributed by atoms with Gasteiger partial charge in [-0.05, 0) is 46.7 Å². The quantitative estimate of drug-likeness (QED) is 0.187. The molecule has 0 aromatic heterocycles. The monoisotopic (exact) mass is 445 g/mol. The molecule has 0 aliphatic carbocycles. The van der Waals surface area contributed by atoms with E-state index >= 15 is 0 Å². The van der Waals surface area contributed by atoms with Crippen LogP contribution < -0.4 is 15.4 Å². The highest BCUT2D eigenvalue weighted by atomic mass is 19.1. The summed E-state index contributed by atoms with van der Waals surface area (Å²) in [5, 5.41) is 19.7. The highest BCUT2D eigenvalue weighted by Crippen LogP contribution is 2.29. The van der Waals surface area contributed by atoms with Crippen LogP contribution in [0.4, 0.5) is 15.8 Å². The second-order valence-electron chi connectivity index (χ2n) is 7.59. The van der Waals surface area contributed by atoms with Gasteiger partial charge in [0.25, 0.3) is 5.69 Å². The van der Waals surface area contributed by atoms with Crippen molar-refractivity contribution < 1.29 is 14.1 Å². The Morgan fingerprint density at radius 1 is 0.879 bits per heavy atom. The number of hydrogen-bond acceptors (Lipinski definition) is 5. The summed E-state index contributed by atoms with van der Waals surface area (Å²) in [6, 6.07) is 24.8. The van der Waals surface area contributed by atoms with Gasteiger partial charge in [-0.15, -0.1) is 0 Å². The molecule has 0 heterocycles. The topological polar surface area (TPSA) is 76.4 Å². The van der Waals surface area contributed by atoms with Crippen molar-refractivity contribution >= 4 is 22.1 Å². The Kier molecular flexibility index (Phi) is 7.12. The van der Waals surface area contributed by atoms with Gasteiger partial charge < -0.3 is 15.4 Å². The lowest BCUT2D eigenvalue weighted by atomic mass is 10.0. The van der Waals surface area contributed by atoms with E-state index < -0.39 is 4.92 Å². The zero-order chi connectivity index (χ0) is 23.0. The second kappa shape index (κ2) is 10.6. The van der Waals surface area contributed by atoms with Crippen molar-refractivity contribution in [1.82, 2.24) is 5.32 Å². The fourth-order valence-electron chi connectivity index (χ4n) is 3.58. The van der Waals surface area contributed by atoms with Gasteiger partial charge in [-0.25, -0.2) is 4.39 Å². The molecule has 7 heteroatoms. The van der Waals surface area contributed by atoms with Gasteiger partial charge in [0.05, 0.1) is 4.92 Å². The Morgan fingerprint density at radius 3 is 2.39 bits per heavy atom. The minimum absolute atomic E-state index is 0.0720. The standard InChI is InChI=1S/C26H24FN3O3/c27-21-8-5-19(6-9-21)18-33-26-14-7-20-3-1-2-4-24(20)25(26)17-28-15-16-29-22-10-12-23(13-11-22)30(31)32/h1-14,28-29H,15-18H2. The van der Waals surface area contributed by atoms with Crippen LogP contribution in [0.15, 0.2) is 84.9 Å². The Morgan fingerprint density at radius 2 is 1.64 bits per heavy atom. The average Bonchev–Trinajstić information content (AvgIpc) is 2.84. The van der Waals surface area contributed by atoms with Crippen LogP contribution in [0.25, 0.3) is 10.8 Å². The molecule has 0 atom stereocenters. The van der Waals surface area contributed by atoms with Crippen LogP contribution in [-0.4, -0.2) is 18.0 Å². The molecule has 0 aliphatic rings. The summed E-state index contributed by atoms with van der Waals surface area (Å²) in [6.07, 6.45) is 0. The molecule has 6 nitrogen and oxygen atoms in total. The third-order valence-corrected chi connectivity index (χ3v) is 5.32. The number of benzene rings is 4. The van der Waals surface area contributed by atoms with Crippen molar-refractivity contribution in [3.05, 3.63) is 112 Å². The zero-order valence-corrected chi connectivity index (χ0v) is 18.0. The number of rotatable bonds is 10. The smallest absolute Gasteiger partial charge is 0.269 e. The van der Waals surface area contributed by atoms with Crippen molar-refractivity contribution in [2.45, 2.75) is 13.2 Å². The largest absolute Gasteiger partial charge is 0.489 e. The van der Waals surface area contributed by atoms with Crippen LogP contribution in [0, 0.1) is 15.9 Å². The maximum atomic E-state index is 13.2. The molecule has 4 aromatic rings. The van der Waals surface area contributed by atoms with E-state index in [0.29, 0.717) is 26.2 Å². The molecule has 0 fully saturated rings. The predicted molar refractivity (Wildman–Crippen MR) is 128 cm³/mol. The fourth-order valence-corrected chi connectivity index (χ4v) is 3.58. The van der Waals surface area contributed by atoms with Crippen molar-refractivity contribution in [2.75, 3.05) is 18.4 Å². The Labute approximate surface area is 191 Å². The van der Waals surface area contributed by atoms with Crippen LogP contribution >= 0.6 is 0 Å². The van der Waals surface area contributed by atoms with Crippen LogP contribution in [0.2, 0.25) is 0 Å².